The van der Waals surface area contributed by atoms with Gasteiger partial charge in [-0.3, -0.25) is 10.1 Å². The van der Waals surface area contributed by atoms with Gasteiger partial charge in [0.2, 0.25) is 0 Å². The molecule has 2 unspecified atom stereocenters. The maximum atomic E-state index is 11.9. The molecule has 1 aliphatic heterocycles. The Morgan fingerprint density at radius 3 is 2.67 bits per heavy atom. The van der Waals surface area contributed by atoms with Crippen molar-refractivity contribution in [1.82, 2.24) is 10.6 Å². The van der Waals surface area contributed by atoms with Crippen molar-refractivity contribution >= 4 is 29.6 Å². The summed E-state index contributed by atoms with van der Waals surface area (Å²) >= 11 is 0. The van der Waals surface area contributed by atoms with Crippen LogP contribution in [0.3, 0.4) is 0 Å². The minimum atomic E-state index is -3.41. The molecule has 1 spiro atoms. The Morgan fingerprint density at radius 2 is 2.11 bits per heavy atom. The average molecular weight is 268 g/mol. The van der Waals surface area contributed by atoms with Crippen molar-refractivity contribution in [3.63, 3.8) is 0 Å². The van der Waals surface area contributed by atoms with E-state index < -0.39 is 38.9 Å². The molecule has 1 saturated heterocycles. The summed E-state index contributed by atoms with van der Waals surface area (Å²) in [5, 5.41) is 4.72. The van der Waals surface area contributed by atoms with Gasteiger partial charge in [0.1, 0.15) is 15.4 Å². The molecule has 0 bridgehead atoms. The third-order valence-electron chi connectivity index (χ3n) is 3.40. The summed E-state index contributed by atoms with van der Waals surface area (Å²) < 4.78 is 23.2. The predicted octanol–water partition coefficient (Wildman–Crippen LogP) is -0.928. The smallest absolute Gasteiger partial charge is 0.322 e. The number of carbonyl (C=O) groups is 2. The van der Waals surface area contributed by atoms with Crippen LogP contribution in [-0.2, 0) is 14.6 Å². The standard InChI is InChI=1S/C10H13BN2O4S/c11-6-18(16,17)5-7-3-1-2-4-10(7)8(14)12-9(15)13-10/h1-2,7H,3-6H2,(H2,12,13,14,15). The van der Waals surface area contributed by atoms with Gasteiger partial charge >= 0.3 is 6.03 Å². The van der Waals surface area contributed by atoms with Crippen LogP contribution in [-0.4, -0.2) is 45.1 Å². The van der Waals surface area contributed by atoms with E-state index in [2.05, 4.69) is 10.6 Å². The third-order valence-corrected chi connectivity index (χ3v) is 4.82. The number of hydrogen-bond acceptors (Lipinski definition) is 4. The van der Waals surface area contributed by atoms with Crippen molar-refractivity contribution in [2.45, 2.75) is 18.4 Å². The second-order valence-corrected chi connectivity index (χ2v) is 6.72. The number of nitrogens with one attached hydrogen (secondary N) is 2. The highest BCUT2D eigenvalue weighted by Gasteiger charge is 2.52. The van der Waals surface area contributed by atoms with Gasteiger partial charge < -0.3 is 5.32 Å². The molecule has 2 atom stereocenters. The molecule has 2 aliphatic rings. The van der Waals surface area contributed by atoms with Gasteiger partial charge in [0.05, 0.1) is 13.6 Å². The van der Waals surface area contributed by atoms with E-state index in [0.29, 0.717) is 12.8 Å². The molecule has 0 aromatic rings. The maximum Gasteiger partial charge on any atom is 0.322 e. The Kier molecular flexibility index (Phi) is 3.22. The van der Waals surface area contributed by atoms with E-state index in [1.807, 2.05) is 6.08 Å². The Labute approximate surface area is 107 Å². The molecular weight excluding hydrogens is 255 g/mol. The molecule has 0 aromatic heterocycles. The number of allylic oxidation sites excluding steroid dienone is 1. The summed E-state index contributed by atoms with van der Waals surface area (Å²) in [6.45, 7) is 0. The van der Waals surface area contributed by atoms with Crippen LogP contribution in [0.1, 0.15) is 12.8 Å². The maximum absolute atomic E-state index is 11.9. The first-order valence-electron chi connectivity index (χ1n) is 5.59. The molecule has 96 valence electrons. The topological polar surface area (TPSA) is 92.3 Å². The Balaban J connectivity index is 2.30. The van der Waals surface area contributed by atoms with E-state index in [1.165, 1.54) is 0 Å². The lowest BCUT2D eigenvalue weighted by atomic mass is 9.77. The monoisotopic (exact) mass is 268 g/mol. The van der Waals surface area contributed by atoms with Crippen LogP contribution in [0.15, 0.2) is 12.2 Å². The zero-order valence-electron chi connectivity index (χ0n) is 9.68. The lowest BCUT2D eigenvalue weighted by molar-refractivity contribution is -0.125. The summed E-state index contributed by atoms with van der Waals surface area (Å²) in [5.41, 5.74) is -1.60. The predicted molar refractivity (Wildman–Crippen MR) is 65.7 cm³/mol. The average Bonchev–Trinajstić information content (AvgIpc) is 2.58. The van der Waals surface area contributed by atoms with E-state index >= 15 is 0 Å². The van der Waals surface area contributed by atoms with Gasteiger partial charge in [-0.1, -0.05) is 12.2 Å². The van der Waals surface area contributed by atoms with Gasteiger partial charge in [0.25, 0.3) is 5.91 Å². The normalized spacial score (nSPS) is 31.4. The Bertz CT molecular complexity index is 516. The van der Waals surface area contributed by atoms with Crippen LogP contribution < -0.4 is 10.6 Å². The fourth-order valence-electron chi connectivity index (χ4n) is 2.42. The van der Waals surface area contributed by atoms with Crippen molar-refractivity contribution in [2.24, 2.45) is 5.92 Å². The van der Waals surface area contributed by atoms with Crippen LogP contribution in [0, 0.1) is 5.92 Å². The van der Waals surface area contributed by atoms with Gasteiger partial charge in [-0.05, 0) is 12.8 Å². The lowest BCUT2D eigenvalue weighted by Gasteiger charge is -2.35. The molecule has 0 aromatic carbocycles. The molecule has 1 fully saturated rings. The van der Waals surface area contributed by atoms with Crippen LogP contribution in [0.4, 0.5) is 4.79 Å². The highest BCUT2D eigenvalue weighted by molar-refractivity contribution is 7.92. The number of hydrogen-bond donors (Lipinski definition) is 2. The summed E-state index contributed by atoms with van der Waals surface area (Å²) in [7, 11) is 1.77. The van der Waals surface area contributed by atoms with Crippen molar-refractivity contribution in [3.8, 4) is 0 Å². The van der Waals surface area contributed by atoms with Crippen molar-refractivity contribution in [2.75, 3.05) is 11.4 Å². The summed E-state index contributed by atoms with van der Waals surface area (Å²) in [5.74, 6) is -1.15. The molecule has 1 aliphatic carbocycles. The lowest BCUT2D eigenvalue weighted by Crippen LogP contribution is -2.55. The largest absolute Gasteiger partial charge is 0.323 e. The van der Waals surface area contributed by atoms with E-state index in [0.717, 1.165) is 0 Å². The van der Waals surface area contributed by atoms with Gasteiger partial charge in [-0.15, -0.1) is 0 Å². The van der Waals surface area contributed by atoms with Crippen LogP contribution >= 0.6 is 0 Å². The van der Waals surface area contributed by atoms with Gasteiger partial charge in [-0.25, -0.2) is 13.2 Å². The minimum absolute atomic E-state index is 0.207. The van der Waals surface area contributed by atoms with Crippen LogP contribution in [0.5, 0.6) is 0 Å². The van der Waals surface area contributed by atoms with Crippen molar-refractivity contribution in [3.05, 3.63) is 12.2 Å². The molecule has 2 radical (unpaired) electrons. The molecule has 2 rings (SSSR count). The van der Waals surface area contributed by atoms with E-state index in [9.17, 15) is 18.0 Å². The first kappa shape index (κ1) is 13.1. The van der Waals surface area contributed by atoms with E-state index in [1.54, 1.807) is 6.08 Å². The van der Waals surface area contributed by atoms with E-state index in [4.69, 9.17) is 7.85 Å². The molecule has 6 nitrogen and oxygen atoms in total. The quantitative estimate of drug-likeness (QED) is 0.393. The zero-order valence-corrected chi connectivity index (χ0v) is 10.5. The number of urea groups is 1. The summed E-state index contributed by atoms with van der Waals surface area (Å²) in [4.78, 5) is 23.2. The Hall–Kier alpha value is -1.31. The number of amides is 3. The Morgan fingerprint density at radius 1 is 1.39 bits per heavy atom. The first-order valence-corrected chi connectivity index (χ1v) is 7.41. The van der Waals surface area contributed by atoms with Crippen LogP contribution in [0.2, 0.25) is 0 Å². The third kappa shape index (κ3) is 2.16. The van der Waals surface area contributed by atoms with E-state index in [-0.39, 0.29) is 5.75 Å². The molecule has 0 saturated carbocycles. The van der Waals surface area contributed by atoms with Crippen molar-refractivity contribution < 1.29 is 18.0 Å². The zero-order chi connectivity index (χ0) is 13.4. The molecule has 18 heavy (non-hydrogen) atoms. The number of imide groups is 1. The molecule has 3 amide bonds. The van der Waals surface area contributed by atoms with Gasteiger partial charge in [0.15, 0.2) is 0 Å². The highest BCUT2D eigenvalue weighted by Crippen LogP contribution is 2.33. The first-order chi connectivity index (χ1) is 8.39. The fraction of sp³-hybridized carbons (Fsp3) is 0.600. The molecule has 1 heterocycles. The SMILES string of the molecule is [B]CS(=O)(=O)CC1CC=CCC12NC(=O)NC2=O. The summed E-state index contributed by atoms with van der Waals surface area (Å²) in [6.07, 6.45) is 4.32. The number of rotatable bonds is 3. The van der Waals surface area contributed by atoms with Crippen molar-refractivity contribution in [1.29, 1.82) is 0 Å². The van der Waals surface area contributed by atoms with Gasteiger partial charge in [-0.2, -0.15) is 0 Å². The highest BCUT2D eigenvalue weighted by atomic mass is 32.2. The second kappa shape index (κ2) is 4.42. The van der Waals surface area contributed by atoms with Gasteiger partial charge in [0, 0.05) is 11.6 Å². The van der Waals surface area contributed by atoms with Crippen LogP contribution in [0.25, 0.3) is 0 Å². The minimum Gasteiger partial charge on any atom is -0.323 e. The summed E-state index contributed by atoms with van der Waals surface area (Å²) in [6, 6.07) is -0.578. The fourth-order valence-corrected chi connectivity index (χ4v) is 3.59. The number of carbonyl (C=O) groups excluding carboxylic acids is 2. The molecule has 2 N–H and O–H groups in total. The molecule has 8 heteroatoms. The molecular formula is C10H13BN2O4S. The number of sulfone groups is 1. The second-order valence-electron chi connectivity index (χ2n) is 4.56.